The van der Waals surface area contributed by atoms with Gasteiger partial charge >= 0.3 is 6.61 Å². The van der Waals surface area contributed by atoms with Crippen molar-refractivity contribution in [2.24, 2.45) is 0 Å². The molecule has 1 aromatic heterocycles. The van der Waals surface area contributed by atoms with E-state index in [1.54, 1.807) is 30.0 Å². The minimum Gasteiger partial charge on any atom is -0.490 e. The number of anilines is 1. The van der Waals surface area contributed by atoms with Crippen molar-refractivity contribution in [3.05, 3.63) is 24.5 Å². The van der Waals surface area contributed by atoms with Gasteiger partial charge in [-0.1, -0.05) is 0 Å². The predicted octanol–water partition coefficient (Wildman–Crippen LogP) is 3.15. The molecule has 0 saturated carbocycles. The van der Waals surface area contributed by atoms with Crippen molar-refractivity contribution in [1.82, 2.24) is 9.55 Å². The van der Waals surface area contributed by atoms with E-state index in [4.69, 9.17) is 10.5 Å². The van der Waals surface area contributed by atoms with Crippen molar-refractivity contribution in [2.45, 2.75) is 27.0 Å². The second-order valence-electron chi connectivity index (χ2n) is 4.24. The number of alkyl halides is 2. The van der Waals surface area contributed by atoms with Gasteiger partial charge in [0.2, 0.25) is 0 Å². The van der Waals surface area contributed by atoms with Gasteiger partial charge in [0.25, 0.3) is 0 Å². The van der Waals surface area contributed by atoms with Crippen molar-refractivity contribution in [1.29, 1.82) is 0 Å². The largest absolute Gasteiger partial charge is 0.490 e. The third-order valence-electron chi connectivity index (χ3n) is 2.95. The Hall–Kier alpha value is -2.31. The molecule has 0 saturated heterocycles. The van der Waals surface area contributed by atoms with Crippen LogP contribution in [0.5, 0.6) is 11.5 Å². The van der Waals surface area contributed by atoms with Crippen LogP contribution in [0.1, 0.15) is 13.8 Å². The minimum absolute atomic E-state index is 0.0101. The molecular weight excluding hydrogens is 280 g/mol. The number of aromatic nitrogens is 2. The van der Waals surface area contributed by atoms with Crippen LogP contribution in [0.15, 0.2) is 24.5 Å². The van der Waals surface area contributed by atoms with Gasteiger partial charge in [-0.2, -0.15) is 8.78 Å². The van der Waals surface area contributed by atoms with Crippen LogP contribution in [-0.2, 0) is 6.54 Å². The SMILES string of the molecule is CCOc1cc(-c2ncn(CC)c2N)ccc1OC(F)F. The van der Waals surface area contributed by atoms with Gasteiger partial charge in [-0.3, -0.25) is 0 Å². The zero-order valence-corrected chi connectivity index (χ0v) is 11.8. The molecule has 2 rings (SSSR count). The lowest BCUT2D eigenvalue weighted by atomic mass is 10.1. The topological polar surface area (TPSA) is 62.3 Å². The molecule has 2 aromatic rings. The van der Waals surface area contributed by atoms with E-state index in [0.717, 1.165) is 0 Å². The first-order valence-electron chi connectivity index (χ1n) is 6.59. The van der Waals surface area contributed by atoms with Gasteiger partial charge in [-0.25, -0.2) is 4.98 Å². The number of ether oxygens (including phenoxy) is 2. The highest BCUT2D eigenvalue weighted by Gasteiger charge is 2.15. The third-order valence-corrected chi connectivity index (χ3v) is 2.95. The molecule has 21 heavy (non-hydrogen) atoms. The molecular formula is C14H17F2N3O2. The van der Waals surface area contributed by atoms with E-state index in [-0.39, 0.29) is 11.5 Å². The number of hydrogen-bond donors (Lipinski definition) is 1. The van der Waals surface area contributed by atoms with Gasteiger partial charge in [-0.15, -0.1) is 0 Å². The maximum Gasteiger partial charge on any atom is 0.387 e. The lowest BCUT2D eigenvalue weighted by Gasteiger charge is -2.12. The molecule has 5 nitrogen and oxygen atoms in total. The molecule has 1 heterocycles. The molecule has 0 spiro atoms. The van der Waals surface area contributed by atoms with E-state index in [2.05, 4.69) is 9.72 Å². The van der Waals surface area contributed by atoms with Gasteiger partial charge in [0, 0.05) is 12.1 Å². The quantitative estimate of drug-likeness (QED) is 0.889. The van der Waals surface area contributed by atoms with Gasteiger partial charge in [0.15, 0.2) is 11.5 Å². The Morgan fingerprint density at radius 1 is 1.29 bits per heavy atom. The Morgan fingerprint density at radius 3 is 2.62 bits per heavy atom. The summed E-state index contributed by atoms with van der Waals surface area (Å²) >= 11 is 0. The zero-order chi connectivity index (χ0) is 15.4. The van der Waals surface area contributed by atoms with E-state index in [1.165, 1.54) is 6.07 Å². The molecule has 0 radical (unpaired) electrons. The first kappa shape index (κ1) is 15.1. The first-order valence-corrected chi connectivity index (χ1v) is 6.59. The number of halogens is 2. The number of rotatable bonds is 6. The molecule has 0 aliphatic rings. The van der Waals surface area contributed by atoms with Crippen molar-refractivity contribution in [2.75, 3.05) is 12.3 Å². The smallest absolute Gasteiger partial charge is 0.387 e. The van der Waals surface area contributed by atoms with Gasteiger partial charge < -0.3 is 19.8 Å². The van der Waals surface area contributed by atoms with Gasteiger partial charge in [0.05, 0.1) is 12.9 Å². The Balaban J connectivity index is 2.40. The monoisotopic (exact) mass is 297 g/mol. The summed E-state index contributed by atoms with van der Waals surface area (Å²) in [4.78, 5) is 4.24. The molecule has 2 N–H and O–H groups in total. The maximum absolute atomic E-state index is 12.4. The number of benzene rings is 1. The van der Waals surface area contributed by atoms with E-state index in [1.807, 2.05) is 6.92 Å². The fourth-order valence-electron chi connectivity index (χ4n) is 1.98. The lowest BCUT2D eigenvalue weighted by molar-refractivity contribution is -0.0514. The average Bonchev–Trinajstić information content (AvgIpc) is 2.81. The van der Waals surface area contributed by atoms with E-state index in [9.17, 15) is 8.78 Å². The molecule has 0 aliphatic heterocycles. The fourth-order valence-corrected chi connectivity index (χ4v) is 1.98. The molecule has 0 amide bonds. The molecule has 1 aromatic carbocycles. The van der Waals surface area contributed by atoms with Crippen molar-refractivity contribution in [3.8, 4) is 22.8 Å². The number of imidazole rings is 1. The van der Waals surface area contributed by atoms with Gasteiger partial charge in [-0.05, 0) is 32.0 Å². The Labute approximate surface area is 121 Å². The molecule has 0 unspecified atom stereocenters. The number of nitrogen functional groups attached to an aromatic ring is 1. The second kappa shape index (κ2) is 6.43. The van der Waals surface area contributed by atoms with Crippen molar-refractivity contribution >= 4 is 5.82 Å². The minimum atomic E-state index is -2.90. The standard InChI is InChI=1S/C14H17F2N3O2/c1-3-19-8-18-12(13(19)17)9-5-6-10(21-14(15)16)11(7-9)20-4-2/h5-8,14H,3-4,17H2,1-2H3. The molecule has 0 aliphatic carbocycles. The summed E-state index contributed by atoms with van der Waals surface area (Å²) in [6.07, 6.45) is 1.63. The summed E-state index contributed by atoms with van der Waals surface area (Å²) in [5.41, 5.74) is 7.27. The second-order valence-corrected chi connectivity index (χ2v) is 4.24. The molecule has 0 bridgehead atoms. The number of nitrogens with zero attached hydrogens (tertiary/aromatic N) is 2. The fraction of sp³-hybridized carbons (Fsp3) is 0.357. The predicted molar refractivity (Wildman–Crippen MR) is 75.6 cm³/mol. The van der Waals surface area contributed by atoms with Crippen molar-refractivity contribution < 1.29 is 18.3 Å². The maximum atomic E-state index is 12.4. The summed E-state index contributed by atoms with van der Waals surface area (Å²) < 4.78 is 36.3. The summed E-state index contributed by atoms with van der Waals surface area (Å²) in [6, 6.07) is 4.65. The van der Waals surface area contributed by atoms with Crippen LogP contribution in [0.3, 0.4) is 0 Å². The Morgan fingerprint density at radius 2 is 2.05 bits per heavy atom. The van der Waals surface area contributed by atoms with Crippen LogP contribution in [0.4, 0.5) is 14.6 Å². The third kappa shape index (κ3) is 3.24. The van der Waals surface area contributed by atoms with Crippen LogP contribution in [0.25, 0.3) is 11.3 Å². The van der Waals surface area contributed by atoms with E-state index < -0.39 is 6.61 Å². The summed E-state index contributed by atoms with van der Waals surface area (Å²) in [5, 5.41) is 0. The first-order chi connectivity index (χ1) is 10.1. The highest BCUT2D eigenvalue weighted by molar-refractivity contribution is 5.72. The van der Waals surface area contributed by atoms with Crippen LogP contribution in [0.2, 0.25) is 0 Å². The van der Waals surface area contributed by atoms with Gasteiger partial charge in [0.1, 0.15) is 11.5 Å². The summed E-state index contributed by atoms with van der Waals surface area (Å²) in [5.74, 6) is 0.743. The Bertz CT molecular complexity index is 614. The van der Waals surface area contributed by atoms with Crippen LogP contribution in [-0.4, -0.2) is 22.8 Å². The van der Waals surface area contributed by atoms with Crippen molar-refractivity contribution in [3.63, 3.8) is 0 Å². The van der Waals surface area contributed by atoms with Crippen LogP contribution >= 0.6 is 0 Å². The van der Waals surface area contributed by atoms with E-state index >= 15 is 0 Å². The molecule has 7 heteroatoms. The number of aryl methyl sites for hydroxylation is 1. The van der Waals surface area contributed by atoms with Crippen LogP contribution < -0.4 is 15.2 Å². The summed E-state index contributed by atoms with van der Waals surface area (Å²) in [7, 11) is 0. The number of hydrogen-bond acceptors (Lipinski definition) is 4. The lowest BCUT2D eigenvalue weighted by Crippen LogP contribution is -2.05. The molecule has 114 valence electrons. The highest BCUT2D eigenvalue weighted by Crippen LogP contribution is 2.35. The highest BCUT2D eigenvalue weighted by atomic mass is 19.3. The summed E-state index contributed by atoms with van der Waals surface area (Å²) in [6.45, 7) is 1.84. The Kier molecular flexibility index (Phi) is 4.62. The normalized spacial score (nSPS) is 10.9. The zero-order valence-electron chi connectivity index (χ0n) is 11.8. The van der Waals surface area contributed by atoms with E-state index in [0.29, 0.717) is 30.2 Å². The number of nitrogens with two attached hydrogens (primary N) is 1. The molecule has 0 fully saturated rings. The van der Waals surface area contributed by atoms with Crippen LogP contribution in [0, 0.1) is 0 Å². The average molecular weight is 297 g/mol. The molecule has 0 atom stereocenters.